The molecule has 2 heterocycles. The molecule has 0 bridgehead atoms. The first-order valence-corrected chi connectivity index (χ1v) is 9.68. The van der Waals surface area contributed by atoms with Gasteiger partial charge in [0.05, 0.1) is 6.10 Å². The first-order chi connectivity index (χ1) is 11.6. The Kier molecular flexibility index (Phi) is 5.48. The summed E-state index contributed by atoms with van der Waals surface area (Å²) in [6, 6.07) is 7.83. The normalized spacial score (nSPS) is 17.4. The monoisotopic (exact) mass is 348 g/mol. The molecule has 1 aromatic heterocycles. The number of carbonyl (C=O) groups excluding carboxylic acids is 1. The zero-order valence-electron chi connectivity index (χ0n) is 14.2. The number of thioether (sulfide) groups is 1. The van der Waals surface area contributed by atoms with E-state index >= 15 is 0 Å². The number of aliphatic hydroxyl groups is 1. The van der Waals surface area contributed by atoms with Crippen molar-refractivity contribution in [2.75, 3.05) is 39.0 Å². The molecule has 0 spiro atoms. The summed E-state index contributed by atoms with van der Waals surface area (Å²) in [5.74, 6) is 1.22. The standard InChI is InChI=1S/C18H24N2O3S/c1-13(21)11-19-7-9-20(10-8-19)18(22)17-15(12-24-2)14-5-3-4-6-16(14)23-17/h3-6,13,21H,7-12H2,1-2H3/t13-/m0/s1. The lowest BCUT2D eigenvalue weighted by atomic mass is 10.1. The molecule has 0 unspecified atom stereocenters. The number of hydrogen-bond acceptors (Lipinski definition) is 5. The Balaban J connectivity index is 1.78. The van der Waals surface area contributed by atoms with Gasteiger partial charge in [-0.1, -0.05) is 18.2 Å². The Morgan fingerprint density at radius 3 is 2.67 bits per heavy atom. The van der Waals surface area contributed by atoms with Crippen molar-refractivity contribution in [2.24, 2.45) is 0 Å². The first-order valence-electron chi connectivity index (χ1n) is 8.29. The number of aliphatic hydroxyl groups excluding tert-OH is 1. The summed E-state index contributed by atoms with van der Waals surface area (Å²) in [5, 5.41) is 10.5. The molecule has 130 valence electrons. The fourth-order valence-electron chi connectivity index (χ4n) is 3.21. The Hall–Kier alpha value is -1.50. The van der Waals surface area contributed by atoms with E-state index in [1.54, 1.807) is 18.7 Å². The summed E-state index contributed by atoms with van der Waals surface area (Å²) >= 11 is 1.69. The SMILES string of the molecule is CSCc1c(C(=O)N2CCN(C[C@H](C)O)CC2)oc2ccccc12. The minimum Gasteiger partial charge on any atom is -0.451 e. The van der Waals surface area contributed by atoms with Crippen molar-refractivity contribution >= 4 is 28.6 Å². The summed E-state index contributed by atoms with van der Waals surface area (Å²) in [6.07, 6.45) is 1.70. The third kappa shape index (κ3) is 3.61. The number of fused-ring (bicyclic) bond motifs is 1. The number of furan rings is 1. The highest BCUT2D eigenvalue weighted by atomic mass is 32.2. The van der Waals surface area contributed by atoms with E-state index in [4.69, 9.17) is 4.42 Å². The van der Waals surface area contributed by atoms with Crippen LogP contribution in [0.25, 0.3) is 11.0 Å². The summed E-state index contributed by atoms with van der Waals surface area (Å²) in [5.41, 5.74) is 1.77. The van der Waals surface area contributed by atoms with Gasteiger partial charge in [-0.2, -0.15) is 11.8 Å². The average molecular weight is 348 g/mol. The van der Waals surface area contributed by atoms with E-state index in [-0.39, 0.29) is 12.0 Å². The van der Waals surface area contributed by atoms with Crippen LogP contribution in [0.5, 0.6) is 0 Å². The van der Waals surface area contributed by atoms with E-state index in [0.717, 1.165) is 35.4 Å². The molecule has 0 saturated carbocycles. The second-order valence-corrected chi connectivity index (χ2v) is 7.15. The number of benzene rings is 1. The number of amides is 1. The van der Waals surface area contributed by atoms with Crippen molar-refractivity contribution < 1.29 is 14.3 Å². The Bertz CT molecular complexity index is 705. The van der Waals surface area contributed by atoms with E-state index in [1.807, 2.05) is 35.4 Å². The third-order valence-corrected chi connectivity index (χ3v) is 4.94. The molecule has 0 aliphatic carbocycles. The number of para-hydroxylation sites is 1. The number of nitrogens with zero attached hydrogens (tertiary/aromatic N) is 2. The molecule has 24 heavy (non-hydrogen) atoms. The molecule has 1 aliphatic heterocycles. The molecule has 1 aliphatic rings. The Morgan fingerprint density at radius 1 is 1.29 bits per heavy atom. The molecule has 1 fully saturated rings. The Labute approximate surface area is 146 Å². The van der Waals surface area contributed by atoms with Crippen LogP contribution in [0.4, 0.5) is 0 Å². The van der Waals surface area contributed by atoms with Crippen LogP contribution in [-0.4, -0.2) is 65.9 Å². The van der Waals surface area contributed by atoms with Crippen molar-refractivity contribution in [3.05, 3.63) is 35.6 Å². The van der Waals surface area contributed by atoms with E-state index in [2.05, 4.69) is 4.90 Å². The maximum Gasteiger partial charge on any atom is 0.290 e. The van der Waals surface area contributed by atoms with Gasteiger partial charge in [-0.3, -0.25) is 9.69 Å². The number of β-amino-alcohol motifs (C(OH)–C–C–N with tert-alkyl or cyclic N) is 1. The predicted octanol–water partition coefficient (Wildman–Crippen LogP) is 2.43. The maximum absolute atomic E-state index is 12.9. The maximum atomic E-state index is 12.9. The van der Waals surface area contributed by atoms with Crippen LogP contribution < -0.4 is 0 Å². The van der Waals surface area contributed by atoms with Gasteiger partial charge in [0.1, 0.15) is 5.58 Å². The second-order valence-electron chi connectivity index (χ2n) is 6.28. The lowest BCUT2D eigenvalue weighted by molar-refractivity contribution is 0.0529. The topological polar surface area (TPSA) is 56.9 Å². The van der Waals surface area contributed by atoms with Crippen LogP contribution >= 0.6 is 11.8 Å². The molecular formula is C18H24N2O3S. The lowest BCUT2D eigenvalue weighted by Crippen LogP contribution is -2.50. The van der Waals surface area contributed by atoms with Gasteiger partial charge in [-0.15, -0.1) is 0 Å². The molecule has 0 radical (unpaired) electrons. The molecular weight excluding hydrogens is 324 g/mol. The fraction of sp³-hybridized carbons (Fsp3) is 0.500. The minimum absolute atomic E-state index is 0.0213. The van der Waals surface area contributed by atoms with Crippen LogP contribution in [-0.2, 0) is 5.75 Å². The van der Waals surface area contributed by atoms with E-state index < -0.39 is 0 Å². The zero-order valence-corrected chi connectivity index (χ0v) is 15.0. The number of piperazine rings is 1. The van der Waals surface area contributed by atoms with E-state index in [9.17, 15) is 9.90 Å². The van der Waals surface area contributed by atoms with Crippen molar-refractivity contribution in [1.29, 1.82) is 0 Å². The number of carbonyl (C=O) groups is 1. The molecule has 1 atom stereocenters. The lowest BCUT2D eigenvalue weighted by Gasteiger charge is -2.34. The largest absolute Gasteiger partial charge is 0.451 e. The smallest absolute Gasteiger partial charge is 0.290 e. The molecule has 5 nitrogen and oxygen atoms in total. The third-order valence-electron chi connectivity index (χ3n) is 4.36. The van der Waals surface area contributed by atoms with Gasteiger partial charge in [0, 0.05) is 49.4 Å². The van der Waals surface area contributed by atoms with Crippen LogP contribution in [0.1, 0.15) is 23.0 Å². The Morgan fingerprint density at radius 2 is 2.00 bits per heavy atom. The van der Waals surface area contributed by atoms with Crippen molar-refractivity contribution in [1.82, 2.24) is 9.80 Å². The highest BCUT2D eigenvalue weighted by molar-refractivity contribution is 7.97. The second kappa shape index (κ2) is 7.59. The van der Waals surface area contributed by atoms with Gasteiger partial charge in [-0.25, -0.2) is 0 Å². The van der Waals surface area contributed by atoms with Crippen LogP contribution in [0.2, 0.25) is 0 Å². The zero-order chi connectivity index (χ0) is 17.1. The van der Waals surface area contributed by atoms with Gasteiger partial charge in [-0.05, 0) is 19.2 Å². The van der Waals surface area contributed by atoms with Gasteiger partial charge in [0.25, 0.3) is 5.91 Å². The quantitative estimate of drug-likeness (QED) is 0.899. The fourth-order valence-corrected chi connectivity index (χ4v) is 3.79. The number of rotatable bonds is 5. The average Bonchev–Trinajstić information content (AvgIpc) is 2.94. The van der Waals surface area contributed by atoms with E-state index in [0.29, 0.717) is 25.4 Å². The van der Waals surface area contributed by atoms with Crippen molar-refractivity contribution in [3.8, 4) is 0 Å². The number of hydrogen-bond donors (Lipinski definition) is 1. The predicted molar refractivity (Wildman–Crippen MR) is 97.5 cm³/mol. The van der Waals surface area contributed by atoms with Crippen LogP contribution in [0, 0.1) is 0 Å². The van der Waals surface area contributed by atoms with Crippen LogP contribution in [0.15, 0.2) is 28.7 Å². The van der Waals surface area contributed by atoms with Gasteiger partial charge >= 0.3 is 0 Å². The molecule has 1 aromatic carbocycles. The van der Waals surface area contributed by atoms with Crippen molar-refractivity contribution in [3.63, 3.8) is 0 Å². The summed E-state index contributed by atoms with van der Waals surface area (Å²) in [7, 11) is 0. The first kappa shape index (κ1) is 17.3. The molecule has 1 amide bonds. The van der Waals surface area contributed by atoms with Gasteiger partial charge in [0.15, 0.2) is 5.76 Å². The van der Waals surface area contributed by atoms with Gasteiger partial charge < -0.3 is 14.4 Å². The molecule has 1 N–H and O–H groups in total. The van der Waals surface area contributed by atoms with Crippen LogP contribution in [0.3, 0.4) is 0 Å². The minimum atomic E-state index is -0.337. The van der Waals surface area contributed by atoms with Gasteiger partial charge in [0.2, 0.25) is 0 Å². The summed E-state index contributed by atoms with van der Waals surface area (Å²) < 4.78 is 5.90. The highest BCUT2D eigenvalue weighted by Crippen LogP contribution is 2.29. The summed E-state index contributed by atoms with van der Waals surface area (Å²) in [6.45, 7) is 5.36. The highest BCUT2D eigenvalue weighted by Gasteiger charge is 2.27. The molecule has 2 aromatic rings. The molecule has 6 heteroatoms. The van der Waals surface area contributed by atoms with Crippen molar-refractivity contribution in [2.45, 2.75) is 18.8 Å². The summed E-state index contributed by atoms with van der Waals surface area (Å²) in [4.78, 5) is 17.0. The van der Waals surface area contributed by atoms with E-state index in [1.165, 1.54) is 0 Å². The molecule has 1 saturated heterocycles. The molecule has 3 rings (SSSR count).